The van der Waals surface area contributed by atoms with Crippen molar-refractivity contribution in [2.24, 2.45) is 0 Å². The Morgan fingerprint density at radius 2 is 2.18 bits per heavy atom. The number of urea groups is 1. The third kappa shape index (κ3) is 3.88. The number of rotatable bonds is 5. The van der Waals surface area contributed by atoms with Gasteiger partial charge in [-0.05, 0) is 12.8 Å². The molecule has 0 saturated carbocycles. The summed E-state index contributed by atoms with van der Waals surface area (Å²) >= 11 is 1.87. The number of carbonyl (C=O) groups excluding carboxylic acids is 1. The molecule has 2 heterocycles. The second kappa shape index (κ2) is 6.64. The predicted octanol–water partition coefficient (Wildman–Crippen LogP) is 0.794. The summed E-state index contributed by atoms with van der Waals surface area (Å²) in [6.45, 7) is 0. The second-order valence-electron chi connectivity index (χ2n) is 4.26. The van der Waals surface area contributed by atoms with Gasteiger partial charge in [-0.3, -0.25) is 4.79 Å². The SMILES string of the molecule is O=C(O)CCCC[C@@H]1SC[C@@H]2NC(=O)N[C@@H]21.[Pt]. The van der Waals surface area contributed by atoms with E-state index >= 15 is 0 Å². The molecule has 0 radical (unpaired) electrons. The summed E-state index contributed by atoms with van der Waals surface area (Å²) in [5.41, 5.74) is 0. The molecule has 2 amide bonds. The minimum atomic E-state index is -0.729. The van der Waals surface area contributed by atoms with Crippen LogP contribution in [0.4, 0.5) is 4.79 Å². The molecule has 0 spiro atoms. The number of unbranched alkanes of at least 4 members (excludes halogenated alkanes) is 1. The number of hydrogen-bond donors (Lipinski definition) is 3. The number of fused-ring (bicyclic) bond motifs is 1. The first-order chi connectivity index (χ1) is 7.66. The molecule has 0 unspecified atom stereocenters. The Labute approximate surface area is 119 Å². The van der Waals surface area contributed by atoms with Crippen molar-refractivity contribution < 1.29 is 35.8 Å². The zero-order valence-electron chi connectivity index (χ0n) is 9.26. The van der Waals surface area contributed by atoms with Gasteiger partial charge in [-0.1, -0.05) is 6.42 Å². The fraction of sp³-hybridized carbons (Fsp3) is 0.800. The van der Waals surface area contributed by atoms with Crippen LogP contribution in [-0.2, 0) is 25.9 Å². The average Bonchev–Trinajstić information content (AvgIpc) is 2.72. The van der Waals surface area contributed by atoms with Crippen molar-refractivity contribution in [3.8, 4) is 0 Å². The van der Waals surface area contributed by atoms with Crippen LogP contribution in [0.5, 0.6) is 0 Å². The molecule has 0 aromatic rings. The van der Waals surface area contributed by atoms with Crippen molar-refractivity contribution in [1.29, 1.82) is 0 Å². The van der Waals surface area contributed by atoms with E-state index in [0.29, 0.717) is 5.25 Å². The average molecular weight is 439 g/mol. The molecule has 3 N–H and O–H groups in total. The van der Waals surface area contributed by atoms with E-state index in [2.05, 4.69) is 10.6 Å². The number of hydrogen-bond acceptors (Lipinski definition) is 3. The zero-order valence-corrected chi connectivity index (χ0v) is 12.3. The normalized spacial score (nSPS) is 30.1. The van der Waals surface area contributed by atoms with E-state index in [1.165, 1.54) is 0 Å². The molecule has 2 saturated heterocycles. The molecule has 0 aromatic carbocycles. The van der Waals surface area contributed by atoms with Crippen LogP contribution < -0.4 is 10.6 Å². The topological polar surface area (TPSA) is 78.4 Å². The molecule has 0 aliphatic carbocycles. The Hall–Kier alpha value is -0.222. The van der Waals surface area contributed by atoms with Gasteiger partial charge >= 0.3 is 12.0 Å². The molecule has 3 atom stereocenters. The summed E-state index contributed by atoms with van der Waals surface area (Å²) in [6.07, 6.45) is 2.88. The van der Waals surface area contributed by atoms with Gasteiger partial charge in [-0.15, -0.1) is 0 Å². The standard InChI is InChI=1S/C10H16N2O3S.Pt/c13-8(14)4-2-1-3-7-9-6(5-16-7)11-10(15)12-9;/h6-7,9H,1-5H2,(H,13,14)(H2,11,12,15);/t6-,7-,9-;/m0./s1. The number of aliphatic carboxylic acids is 1. The minimum absolute atomic E-state index is 0. The van der Waals surface area contributed by atoms with E-state index in [0.717, 1.165) is 25.0 Å². The number of thioether (sulfide) groups is 1. The number of amides is 2. The summed E-state index contributed by atoms with van der Waals surface area (Å²) in [5, 5.41) is 14.8. The summed E-state index contributed by atoms with van der Waals surface area (Å²) in [4.78, 5) is 21.5. The third-order valence-electron chi connectivity index (χ3n) is 3.07. The Balaban J connectivity index is 0.00000144. The Bertz CT molecular complexity index is 303. The summed E-state index contributed by atoms with van der Waals surface area (Å²) in [6, 6.07) is 0.440. The van der Waals surface area contributed by atoms with Gasteiger partial charge in [0.15, 0.2) is 0 Å². The van der Waals surface area contributed by atoms with Crippen molar-refractivity contribution in [3.63, 3.8) is 0 Å². The number of carboxylic acids is 1. The fourth-order valence-electron chi connectivity index (χ4n) is 2.26. The summed E-state index contributed by atoms with van der Waals surface area (Å²) < 4.78 is 0. The van der Waals surface area contributed by atoms with E-state index in [4.69, 9.17) is 5.11 Å². The van der Waals surface area contributed by atoms with Gasteiger partial charge in [-0.25, -0.2) is 4.79 Å². The van der Waals surface area contributed by atoms with Crippen LogP contribution in [-0.4, -0.2) is 40.2 Å². The minimum Gasteiger partial charge on any atom is -0.481 e. The summed E-state index contributed by atoms with van der Waals surface area (Å²) in [5.74, 6) is 0.236. The van der Waals surface area contributed by atoms with Gasteiger partial charge in [0.05, 0.1) is 12.1 Å². The van der Waals surface area contributed by atoms with Crippen LogP contribution in [0.2, 0.25) is 0 Å². The molecule has 0 bridgehead atoms. The largest absolute Gasteiger partial charge is 0.481 e. The van der Waals surface area contributed by atoms with E-state index in [9.17, 15) is 9.59 Å². The van der Waals surface area contributed by atoms with Crippen LogP contribution in [0.1, 0.15) is 25.7 Å². The van der Waals surface area contributed by atoms with Crippen molar-refractivity contribution in [2.75, 3.05) is 5.75 Å². The Morgan fingerprint density at radius 1 is 1.41 bits per heavy atom. The monoisotopic (exact) mass is 439 g/mol. The quantitative estimate of drug-likeness (QED) is 0.438. The van der Waals surface area contributed by atoms with E-state index in [1.807, 2.05) is 11.8 Å². The zero-order chi connectivity index (χ0) is 11.5. The van der Waals surface area contributed by atoms with E-state index in [-0.39, 0.29) is 45.6 Å². The number of carbonyl (C=O) groups is 2. The number of nitrogens with one attached hydrogen (secondary N) is 2. The van der Waals surface area contributed by atoms with Crippen molar-refractivity contribution in [2.45, 2.75) is 43.0 Å². The van der Waals surface area contributed by atoms with Gasteiger partial charge in [0.25, 0.3) is 0 Å². The first kappa shape index (κ1) is 14.8. The first-order valence-electron chi connectivity index (χ1n) is 5.57. The molecule has 5 nitrogen and oxygen atoms in total. The van der Waals surface area contributed by atoms with Crippen LogP contribution in [0.3, 0.4) is 0 Å². The van der Waals surface area contributed by atoms with Gasteiger partial charge < -0.3 is 15.7 Å². The van der Waals surface area contributed by atoms with Crippen molar-refractivity contribution in [1.82, 2.24) is 10.6 Å². The molecule has 2 fully saturated rings. The Morgan fingerprint density at radius 3 is 2.88 bits per heavy atom. The fourth-order valence-corrected chi connectivity index (χ4v) is 3.81. The van der Waals surface area contributed by atoms with Gasteiger partial charge in [-0.2, -0.15) is 11.8 Å². The van der Waals surface area contributed by atoms with Crippen LogP contribution >= 0.6 is 11.8 Å². The molecule has 0 aromatic heterocycles. The van der Waals surface area contributed by atoms with E-state index in [1.54, 1.807) is 0 Å². The van der Waals surface area contributed by atoms with Crippen LogP contribution in [0, 0.1) is 0 Å². The molecular weight excluding hydrogens is 423 g/mol. The van der Waals surface area contributed by atoms with Gasteiger partial charge in [0.1, 0.15) is 0 Å². The third-order valence-corrected chi connectivity index (χ3v) is 4.58. The molecular formula is C10H16N2O3PtS. The molecule has 2 aliphatic rings. The molecule has 100 valence electrons. The number of carboxylic acid groups (broad SMARTS) is 1. The Kier molecular flexibility index (Phi) is 5.80. The van der Waals surface area contributed by atoms with E-state index < -0.39 is 5.97 Å². The van der Waals surface area contributed by atoms with Crippen LogP contribution in [0.25, 0.3) is 0 Å². The van der Waals surface area contributed by atoms with Crippen molar-refractivity contribution in [3.05, 3.63) is 0 Å². The molecule has 17 heavy (non-hydrogen) atoms. The first-order valence-corrected chi connectivity index (χ1v) is 6.62. The molecule has 2 aliphatic heterocycles. The summed E-state index contributed by atoms with van der Waals surface area (Å²) in [7, 11) is 0. The predicted molar refractivity (Wildman–Crippen MR) is 61.6 cm³/mol. The second-order valence-corrected chi connectivity index (χ2v) is 5.53. The van der Waals surface area contributed by atoms with Gasteiger partial charge in [0, 0.05) is 38.5 Å². The molecule has 2 rings (SSSR count). The smallest absolute Gasteiger partial charge is 0.315 e. The molecule has 7 heteroatoms. The van der Waals surface area contributed by atoms with Crippen LogP contribution in [0.15, 0.2) is 0 Å². The maximum atomic E-state index is 11.1. The maximum absolute atomic E-state index is 11.1. The van der Waals surface area contributed by atoms with Gasteiger partial charge in [0.2, 0.25) is 0 Å². The van der Waals surface area contributed by atoms with Crippen molar-refractivity contribution >= 4 is 23.8 Å². The maximum Gasteiger partial charge on any atom is 0.315 e.